The van der Waals surface area contributed by atoms with Gasteiger partial charge in [-0.05, 0) is 31.7 Å². The first kappa shape index (κ1) is 19.0. The summed E-state index contributed by atoms with van der Waals surface area (Å²) in [5, 5.41) is 0.471. The van der Waals surface area contributed by atoms with Gasteiger partial charge in [0, 0.05) is 33.3 Å². The molecule has 1 aliphatic rings. The molecular formula is C19H26N4O4. The fourth-order valence-electron chi connectivity index (χ4n) is 3.53. The number of nitrogens with zero attached hydrogens (tertiary/aromatic N) is 3. The molecule has 1 N–H and O–H groups in total. The fraction of sp³-hybridized carbons (Fsp3) is 0.526. The average molecular weight is 374 g/mol. The van der Waals surface area contributed by atoms with Gasteiger partial charge in [0.1, 0.15) is 0 Å². The molecule has 0 aliphatic heterocycles. The van der Waals surface area contributed by atoms with Crippen molar-refractivity contribution in [1.82, 2.24) is 19.8 Å². The van der Waals surface area contributed by atoms with E-state index in [1.807, 2.05) is 7.05 Å². The molecule has 0 bridgehead atoms. The Bertz CT molecular complexity index is 872. The van der Waals surface area contributed by atoms with E-state index in [0.29, 0.717) is 22.4 Å². The first-order chi connectivity index (χ1) is 12.9. The van der Waals surface area contributed by atoms with E-state index in [4.69, 9.17) is 9.47 Å². The summed E-state index contributed by atoms with van der Waals surface area (Å²) in [5.41, 5.74) is 0.357. The second-order valence-corrected chi connectivity index (χ2v) is 7.09. The number of benzene rings is 1. The second kappa shape index (κ2) is 7.85. The lowest BCUT2D eigenvalue weighted by molar-refractivity contribution is 0.0991. The van der Waals surface area contributed by atoms with Crippen LogP contribution < -0.4 is 15.0 Å². The maximum absolute atomic E-state index is 12.1. The van der Waals surface area contributed by atoms with Gasteiger partial charge in [0.15, 0.2) is 11.5 Å². The van der Waals surface area contributed by atoms with Crippen LogP contribution in [0.25, 0.3) is 10.9 Å². The van der Waals surface area contributed by atoms with Crippen molar-refractivity contribution >= 4 is 16.9 Å². The van der Waals surface area contributed by atoms with E-state index in [0.717, 1.165) is 25.7 Å². The normalized spacial score (nSPS) is 19.6. The predicted molar refractivity (Wildman–Crippen MR) is 102 cm³/mol. The largest absolute Gasteiger partial charge is 0.493 e. The molecule has 8 heteroatoms. The van der Waals surface area contributed by atoms with Crippen molar-refractivity contribution in [2.45, 2.75) is 37.8 Å². The lowest BCUT2D eigenvalue weighted by Gasteiger charge is -2.36. The number of nitrogens with one attached hydrogen (secondary N) is 1. The third kappa shape index (κ3) is 3.99. The van der Waals surface area contributed by atoms with E-state index in [1.54, 1.807) is 43.1 Å². The molecule has 8 nitrogen and oxygen atoms in total. The minimum absolute atomic E-state index is 0.0160. The predicted octanol–water partition coefficient (Wildman–Crippen LogP) is 2.24. The maximum Gasteiger partial charge on any atom is 0.319 e. The highest BCUT2D eigenvalue weighted by Gasteiger charge is 2.28. The fourth-order valence-corrected chi connectivity index (χ4v) is 3.53. The Labute approximate surface area is 158 Å². The molecule has 1 aromatic carbocycles. The summed E-state index contributed by atoms with van der Waals surface area (Å²) in [7, 11) is 6.94. The molecule has 0 radical (unpaired) electrons. The van der Waals surface area contributed by atoms with Gasteiger partial charge in [-0.1, -0.05) is 0 Å². The number of hydrogen-bond acceptors (Lipinski definition) is 5. The maximum atomic E-state index is 12.1. The number of H-pyrrole nitrogens is 1. The van der Waals surface area contributed by atoms with Crippen molar-refractivity contribution in [3.8, 4) is 11.5 Å². The number of carbonyl (C=O) groups excluding carboxylic acids is 1. The molecular weight excluding hydrogens is 348 g/mol. The van der Waals surface area contributed by atoms with Crippen molar-refractivity contribution in [1.29, 1.82) is 0 Å². The van der Waals surface area contributed by atoms with Gasteiger partial charge in [0.2, 0.25) is 0 Å². The molecule has 0 atom stereocenters. The Morgan fingerprint density at radius 2 is 1.85 bits per heavy atom. The monoisotopic (exact) mass is 374 g/mol. The quantitative estimate of drug-likeness (QED) is 0.887. The van der Waals surface area contributed by atoms with Crippen molar-refractivity contribution in [2.24, 2.45) is 0 Å². The summed E-state index contributed by atoms with van der Waals surface area (Å²) in [4.78, 5) is 34.3. The molecule has 1 saturated carbocycles. The zero-order valence-corrected chi connectivity index (χ0v) is 16.2. The summed E-state index contributed by atoms with van der Waals surface area (Å²) in [5.74, 6) is 1.10. The molecule has 3 rings (SSSR count). The Morgan fingerprint density at radius 3 is 2.48 bits per heavy atom. The summed E-state index contributed by atoms with van der Waals surface area (Å²) >= 11 is 0. The first-order valence-corrected chi connectivity index (χ1v) is 9.07. The van der Waals surface area contributed by atoms with E-state index in [9.17, 15) is 9.59 Å². The van der Waals surface area contributed by atoms with Gasteiger partial charge in [-0.2, -0.15) is 0 Å². The van der Waals surface area contributed by atoms with Gasteiger partial charge in [-0.25, -0.2) is 9.78 Å². The number of aromatic amines is 1. The number of rotatable bonds is 4. The van der Waals surface area contributed by atoms with Crippen LogP contribution in [0.5, 0.6) is 11.5 Å². The second-order valence-electron chi connectivity index (χ2n) is 7.09. The molecule has 0 spiro atoms. The number of fused-ring (bicyclic) bond motifs is 1. The van der Waals surface area contributed by atoms with Gasteiger partial charge in [0.25, 0.3) is 5.56 Å². The number of aromatic nitrogens is 2. The van der Waals surface area contributed by atoms with Crippen LogP contribution in [0.4, 0.5) is 4.79 Å². The third-order valence-corrected chi connectivity index (χ3v) is 5.10. The Kier molecular flexibility index (Phi) is 5.53. The molecule has 1 aromatic heterocycles. The van der Waals surface area contributed by atoms with Crippen LogP contribution in [0.2, 0.25) is 0 Å². The lowest BCUT2D eigenvalue weighted by Crippen LogP contribution is -2.45. The highest BCUT2D eigenvalue weighted by atomic mass is 16.5. The number of ether oxygens (including phenoxy) is 2. The van der Waals surface area contributed by atoms with Gasteiger partial charge >= 0.3 is 6.03 Å². The average Bonchev–Trinajstić information content (AvgIpc) is 2.67. The molecule has 0 saturated heterocycles. The summed E-state index contributed by atoms with van der Waals surface area (Å²) in [6.45, 7) is 0. The van der Waals surface area contributed by atoms with Crippen molar-refractivity contribution in [3.63, 3.8) is 0 Å². The minimum Gasteiger partial charge on any atom is -0.493 e. The lowest BCUT2D eigenvalue weighted by atomic mass is 9.92. The highest BCUT2D eigenvalue weighted by molar-refractivity contribution is 5.81. The molecule has 2 aromatic rings. The smallest absolute Gasteiger partial charge is 0.319 e. The van der Waals surface area contributed by atoms with E-state index in [2.05, 4.69) is 9.97 Å². The van der Waals surface area contributed by atoms with Gasteiger partial charge in [-0.3, -0.25) is 4.79 Å². The zero-order chi connectivity index (χ0) is 19.6. The van der Waals surface area contributed by atoms with Crippen LogP contribution in [0, 0.1) is 0 Å². The summed E-state index contributed by atoms with van der Waals surface area (Å²) < 4.78 is 11.6. The van der Waals surface area contributed by atoms with E-state index in [-0.39, 0.29) is 23.7 Å². The number of carbonyl (C=O) groups is 1. The molecule has 146 valence electrons. The number of amides is 2. The SMILES string of the molecule is COc1cc2nc[nH]c(=O)c2cc1OC1CCC(N(C)C(=O)N(C)C)CC1. The van der Waals surface area contributed by atoms with Crippen LogP contribution in [-0.4, -0.2) is 66.2 Å². The number of urea groups is 1. The number of methoxy groups -OCH3 is 1. The molecule has 0 unspecified atom stereocenters. The zero-order valence-electron chi connectivity index (χ0n) is 16.2. The van der Waals surface area contributed by atoms with Crippen molar-refractivity contribution in [2.75, 3.05) is 28.3 Å². The van der Waals surface area contributed by atoms with E-state index < -0.39 is 0 Å². The molecule has 27 heavy (non-hydrogen) atoms. The number of hydrogen-bond donors (Lipinski definition) is 1. The molecule has 1 fully saturated rings. The van der Waals surface area contributed by atoms with Crippen LogP contribution in [0.15, 0.2) is 23.3 Å². The molecule has 2 amide bonds. The van der Waals surface area contributed by atoms with Crippen LogP contribution in [0.3, 0.4) is 0 Å². The third-order valence-electron chi connectivity index (χ3n) is 5.10. The topological polar surface area (TPSA) is 87.8 Å². The van der Waals surface area contributed by atoms with Crippen LogP contribution >= 0.6 is 0 Å². The molecule has 1 heterocycles. The van der Waals surface area contributed by atoms with Gasteiger partial charge < -0.3 is 24.3 Å². The summed E-state index contributed by atoms with van der Waals surface area (Å²) in [6.07, 6.45) is 4.81. The minimum atomic E-state index is -0.208. The molecule has 1 aliphatic carbocycles. The van der Waals surface area contributed by atoms with Crippen LogP contribution in [-0.2, 0) is 0 Å². The standard InChI is InChI=1S/C19H26N4O4/c1-22(2)19(25)23(3)12-5-7-13(8-6-12)27-17-9-14-15(10-16(17)26-4)20-11-21-18(14)24/h9-13H,5-8H2,1-4H3,(H,20,21,24). The Balaban J connectivity index is 1.71. The first-order valence-electron chi connectivity index (χ1n) is 9.07. The highest BCUT2D eigenvalue weighted by Crippen LogP contribution is 2.34. The van der Waals surface area contributed by atoms with E-state index >= 15 is 0 Å². The van der Waals surface area contributed by atoms with Gasteiger partial charge in [0.05, 0.1) is 30.4 Å². The summed E-state index contributed by atoms with van der Waals surface area (Å²) in [6, 6.07) is 3.63. The Hall–Kier alpha value is -2.77. The van der Waals surface area contributed by atoms with Gasteiger partial charge in [-0.15, -0.1) is 0 Å². The van der Waals surface area contributed by atoms with Crippen molar-refractivity contribution < 1.29 is 14.3 Å². The van der Waals surface area contributed by atoms with E-state index in [1.165, 1.54) is 6.33 Å². The Morgan fingerprint density at radius 1 is 1.15 bits per heavy atom. The van der Waals surface area contributed by atoms with Crippen LogP contribution in [0.1, 0.15) is 25.7 Å². The van der Waals surface area contributed by atoms with Crippen molar-refractivity contribution in [3.05, 3.63) is 28.8 Å².